The van der Waals surface area contributed by atoms with Crippen LogP contribution in [0.2, 0.25) is 0 Å². The zero-order valence-electron chi connectivity index (χ0n) is 18.9. The molecule has 2 N–H and O–H groups in total. The third kappa shape index (κ3) is 3.04. The van der Waals surface area contributed by atoms with Crippen molar-refractivity contribution in [3.05, 3.63) is 42.4 Å². The van der Waals surface area contributed by atoms with Crippen LogP contribution in [0.15, 0.2) is 36.8 Å². The molecule has 2 fully saturated rings. The summed E-state index contributed by atoms with van der Waals surface area (Å²) in [5.74, 6) is 1.21. The average Bonchev–Trinajstić information content (AvgIpc) is 3.41. The first-order valence-electron chi connectivity index (χ1n) is 11.1. The summed E-state index contributed by atoms with van der Waals surface area (Å²) in [7, 11) is 3.36. The zero-order chi connectivity index (χ0) is 23.4. The molecule has 0 bridgehead atoms. The lowest BCUT2D eigenvalue weighted by atomic mass is 9.78. The summed E-state index contributed by atoms with van der Waals surface area (Å²) in [5.41, 5.74) is 3.37. The van der Waals surface area contributed by atoms with Crippen LogP contribution in [-0.4, -0.2) is 81.3 Å². The molecule has 2 aromatic rings. The first-order chi connectivity index (χ1) is 16.5. The molecule has 11 nitrogen and oxygen atoms in total. The van der Waals surface area contributed by atoms with Crippen LogP contribution in [0.25, 0.3) is 28.3 Å². The van der Waals surface area contributed by atoms with Crippen molar-refractivity contribution in [3.63, 3.8) is 0 Å². The number of aromatic nitrogens is 5. The molecule has 4 aliphatic heterocycles. The summed E-state index contributed by atoms with van der Waals surface area (Å²) in [5, 5.41) is 10.0. The molecule has 4 aliphatic rings. The van der Waals surface area contributed by atoms with Crippen LogP contribution in [0, 0.1) is 5.41 Å². The lowest BCUT2D eigenvalue weighted by Gasteiger charge is -2.55. The Bertz CT molecular complexity index is 1390. The van der Waals surface area contributed by atoms with Gasteiger partial charge in [-0.1, -0.05) is 0 Å². The predicted molar refractivity (Wildman–Crippen MR) is 124 cm³/mol. The second-order valence-electron chi connectivity index (χ2n) is 8.94. The molecule has 2 saturated heterocycles. The first-order valence-corrected chi connectivity index (χ1v) is 11.1. The summed E-state index contributed by atoms with van der Waals surface area (Å²) in [6, 6.07) is 5.74. The fourth-order valence-electron chi connectivity index (χ4n) is 4.76. The van der Waals surface area contributed by atoms with Crippen LogP contribution < -0.4 is 10.6 Å². The third-order valence-electron chi connectivity index (χ3n) is 6.65. The van der Waals surface area contributed by atoms with Crippen molar-refractivity contribution in [2.75, 3.05) is 45.7 Å². The lowest BCUT2D eigenvalue weighted by Crippen LogP contribution is -2.67. The van der Waals surface area contributed by atoms with Crippen LogP contribution in [-0.2, 0) is 16.1 Å². The molecule has 1 spiro atoms. The highest BCUT2D eigenvalue weighted by atomic mass is 16.5. The number of pyridine rings is 1. The monoisotopic (exact) mass is 460 g/mol. The van der Waals surface area contributed by atoms with E-state index < -0.39 is 0 Å². The maximum Gasteiger partial charge on any atom is 0.256 e. The summed E-state index contributed by atoms with van der Waals surface area (Å²) in [4.78, 5) is 36.4. The van der Waals surface area contributed by atoms with Gasteiger partial charge in [0, 0.05) is 56.8 Å². The number of nitrogens with zero attached hydrogens (tertiary/aromatic N) is 6. The fourth-order valence-corrected chi connectivity index (χ4v) is 4.76. The predicted octanol–water partition coefficient (Wildman–Crippen LogP) is 0.958. The van der Waals surface area contributed by atoms with Gasteiger partial charge in [-0.15, -0.1) is 0 Å². The van der Waals surface area contributed by atoms with Crippen LogP contribution in [0.3, 0.4) is 0 Å². The summed E-state index contributed by atoms with van der Waals surface area (Å²) in [6.07, 6.45) is 5.13. The molecular formula is C23H24N8O3. The van der Waals surface area contributed by atoms with Crippen LogP contribution in [0.5, 0.6) is 0 Å². The van der Waals surface area contributed by atoms with E-state index >= 15 is 0 Å². The Morgan fingerprint density at radius 1 is 1.18 bits per heavy atom. The zero-order valence-corrected chi connectivity index (χ0v) is 18.9. The van der Waals surface area contributed by atoms with Gasteiger partial charge in [0.1, 0.15) is 23.8 Å². The average molecular weight is 460 g/mol. The number of carbonyl (C=O) groups is 2. The van der Waals surface area contributed by atoms with Gasteiger partial charge >= 0.3 is 0 Å². The second kappa shape index (κ2) is 7.52. The Labute approximate surface area is 195 Å². The van der Waals surface area contributed by atoms with Gasteiger partial charge in [0.05, 0.1) is 30.5 Å². The smallest absolute Gasteiger partial charge is 0.256 e. The van der Waals surface area contributed by atoms with Crippen LogP contribution >= 0.6 is 0 Å². The summed E-state index contributed by atoms with van der Waals surface area (Å²) in [6.45, 7) is 3.24. The number of likely N-dealkylation sites (tertiary alicyclic amines) is 1. The molecule has 6 rings (SSSR count). The Morgan fingerprint density at radius 2 is 2.00 bits per heavy atom. The van der Waals surface area contributed by atoms with Crippen molar-refractivity contribution >= 4 is 23.3 Å². The Hall–Kier alpha value is -3.99. The quantitative estimate of drug-likeness (QED) is 0.455. The minimum absolute atomic E-state index is 0.0751. The maximum absolute atomic E-state index is 12.8. The molecule has 0 saturated carbocycles. The second-order valence-corrected chi connectivity index (χ2v) is 8.94. The molecule has 0 aromatic carbocycles. The van der Waals surface area contributed by atoms with E-state index in [9.17, 15) is 9.59 Å². The minimum atomic E-state index is -0.259. The topological polar surface area (TPSA) is 119 Å². The maximum atomic E-state index is 12.8. The van der Waals surface area contributed by atoms with Crippen molar-refractivity contribution in [2.24, 2.45) is 5.41 Å². The molecule has 34 heavy (non-hydrogen) atoms. The number of carbonyl (C=O) groups excluding carboxylic acids is 2. The number of fused-ring (bicyclic) bond motifs is 2. The van der Waals surface area contributed by atoms with Gasteiger partial charge in [-0.25, -0.2) is 9.97 Å². The summed E-state index contributed by atoms with van der Waals surface area (Å²) < 4.78 is 8.77. The number of ether oxygens (including phenoxy) is 1. The van der Waals surface area contributed by atoms with Crippen LogP contribution in [0.1, 0.15) is 10.4 Å². The van der Waals surface area contributed by atoms with E-state index in [2.05, 4.69) is 20.7 Å². The lowest BCUT2D eigenvalue weighted by molar-refractivity contribution is -0.195. The Balaban J connectivity index is 1.32. The molecule has 0 unspecified atom stereocenters. The van der Waals surface area contributed by atoms with E-state index in [1.807, 2.05) is 33.9 Å². The van der Waals surface area contributed by atoms with Gasteiger partial charge in [0.25, 0.3) is 5.91 Å². The molecule has 2 amide bonds. The number of rotatable bonds is 5. The number of anilines is 1. The molecule has 0 aliphatic carbocycles. The highest BCUT2D eigenvalue weighted by Crippen LogP contribution is 2.38. The van der Waals surface area contributed by atoms with E-state index in [4.69, 9.17) is 9.72 Å². The van der Waals surface area contributed by atoms with Crippen molar-refractivity contribution in [3.8, 4) is 22.6 Å². The SMILES string of the molecule is CNC(=O)c1cnn2c(NC)cc(-c3cnc4n(CC(=O)N5CC6(COC6)C5)cccc3-4)nc12. The van der Waals surface area contributed by atoms with Gasteiger partial charge in [-0.2, -0.15) is 9.61 Å². The third-order valence-corrected chi connectivity index (χ3v) is 6.65. The molecule has 2 aromatic heterocycles. The van der Waals surface area contributed by atoms with E-state index in [0.717, 1.165) is 37.4 Å². The van der Waals surface area contributed by atoms with Gasteiger partial charge in [0.2, 0.25) is 5.91 Å². The van der Waals surface area contributed by atoms with Gasteiger partial charge in [0.15, 0.2) is 5.65 Å². The Morgan fingerprint density at radius 3 is 2.71 bits per heavy atom. The highest BCUT2D eigenvalue weighted by Gasteiger charge is 2.50. The number of hydrogen-bond acceptors (Lipinski definition) is 7. The van der Waals surface area contributed by atoms with Crippen molar-refractivity contribution in [1.82, 2.24) is 34.4 Å². The number of hydrogen-bond donors (Lipinski definition) is 2. The summed E-state index contributed by atoms with van der Waals surface area (Å²) >= 11 is 0. The van der Waals surface area contributed by atoms with Crippen molar-refractivity contribution < 1.29 is 14.3 Å². The van der Waals surface area contributed by atoms with Gasteiger partial charge in [-0.3, -0.25) is 9.59 Å². The van der Waals surface area contributed by atoms with E-state index in [0.29, 0.717) is 28.5 Å². The first kappa shape index (κ1) is 20.6. The normalized spacial score (nSPS) is 16.5. The molecule has 0 radical (unpaired) electrons. The van der Waals surface area contributed by atoms with Crippen molar-refractivity contribution in [2.45, 2.75) is 6.54 Å². The van der Waals surface area contributed by atoms with Gasteiger partial charge in [-0.05, 0) is 12.1 Å². The standard InChI is InChI=1S/C23H24N8O3/c1-24-18-6-17(28-21-16(22(33)25-2)8-27-31(18)21)15-7-26-20-14(15)4-3-5-29(20)9-19(32)30-10-23(11-30)12-34-13-23/h3-8,24H,9-13H2,1-2H3,(H,25,33). The number of amides is 2. The molecule has 0 atom stereocenters. The van der Waals surface area contributed by atoms with Crippen LogP contribution in [0.4, 0.5) is 5.82 Å². The highest BCUT2D eigenvalue weighted by molar-refractivity contribution is 6.00. The fraction of sp³-hybridized carbons (Fsp3) is 0.348. The van der Waals surface area contributed by atoms with E-state index in [1.165, 1.54) is 6.20 Å². The molecular weight excluding hydrogens is 436 g/mol. The van der Waals surface area contributed by atoms with E-state index in [-0.39, 0.29) is 23.8 Å². The van der Waals surface area contributed by atoms with Crippen molar-refractivity contribution in [1.29, 1.82) is 0 Å². The molecule has 174 valence electrons. The molecule has 11 heteroatoms. The van der Waals surface area contributed by atoms with Gasteiger partial charge < -0.3 is 24.8 Å². The molecule has 6 heterocycles. The van der Waals surface area contributed by atoms with E-state index in [1.54, 1.807) is 24.8 Å². The minimum Gasteiger partial charge on any atom is -0.380 e. The Kier molecular flexibility index (Phi) is 4.56. The number of nitrogens with one attached hydrogen (secondary N) is 2. The largest absolute Gasteiger partial charge is 0.380 e.